The maximum Gasteiger partial charge on any atom is 0.324 e. The van der Waals surface area contributed by atoms with Gasteiger partial charge in [0.2, 0.25) is 0 Å². The minimum absolute atomic E-state index is 0.0196. The predicted octanol–water partition coefficient (Wildman–Crippen LogP) is 10.9. The molecule has 4 aliphatic rings. The molecule has 3 heteroatoms. The first-order valence-corrected chi connectivity index (χ1v) is 17.6. The molecule has 0 spiro atoms. The minimum atomic E-state index is -0.483. The third-order valence-corrected chi connectivity index (χ3v) is 12.8. The SMILES string of the molecule is CCCCCCCC(Cl)C(=O)OC1CCC2(C)C(=CCC3C2CCC2(C)C(C(C)CCCC(C)C)CCC32)C1. The molecule has 0 radical (unpaired) electrons. The molecule has 0 aromatic rings. The Balaban J connectivity index is 1.33. The van der Waals surface area contributed by atoms with E-state index in [0.717, 1.165) is 61.2 Å². The number of ether oxygens (including phenoxy) is 1. The molecule has 0 aromatic carbocycles. The van der Waals surface area contributed by atoms with Crippen LogP contribution in [0.3, 0.4) is 0 Å². The summed E-state index contributed by atoms with van der Waals surface area (Å²) in [7, 11) is 0. The van der Waals surface area contributed by atoms with Gasteiger partial charge in [-0.05, 0) is 97.7 Å². The lowest BCUT2D eigenvalue weighted by Gasteiger charge is -2.58. The number of rotatable bonds is 13. The summed E-state index contributed by atoms with van der Waals surface area (Å²) >= 11 is 6.47. The van der Waals surface area contributed by atoms with Crippen molar-refractivity contribution in [3.8, 4) is 0 Å². The van der Waals surface area contributed by atoms with E-state index in [2.05, 4.69) is 47.6 Å². The molecule has 9 unspecified atom stereocenters. The molecular weight excluding hydrogens is 500 g/mol. The van der Waals surface area contributed by atoms with Gasteiger partial charge in [-0.15, -0.1) is 11.6 Å². The van der Waals surface area contributed by atoms with Gasteiger partial charge >= 0.3 is 5.97 Å². The van der Waals surface area contributed by atoms with Gasteiger partial charge in [-0.25, -0.2) is 0 Å². The average molecular weight is 561 g/mol. The van der Waals surface area contributed by atoms with E-state index in [9.17, 15) is 4.79 Å². The number of fused-ring (bicyclic) bond motifs is 5. The van der Waals surface area contributed by atoms with Crippen molar-refractivity contribution in [3.63, 3.8) is 0 Å². The van der Waals surface area contributed by atoms with Crippen molar-refractivity contribution in [2.75, 3.05) is 0 Å². The third-order valence-electron chi connectivity index (χ3n) is 12.4. The molecule has 0 aromatic heterocycles. The molecule has 9 atom stereocenters. The number of hydrogen-bond acceptors (Lipinski definition) is 2. The van der Waals surface area contributed by atoms with Crippen LogP contribution >= 0.6 is 11.6 Å². The quantitative estimate of drug-likeness (QED) is 0.0968. The molecule has 0 aliphatic heterocycles. The first kappa shape index (κ1) is 31.4. The molecule has 3 saturated carbocycles. The van der Waals surface area contributed by atoms with Crippen molar-refractivity contribution in [3.05, 3.63) is 11.6 Å². The molecule has 0 saturated heterocycles. The van der Waals surface area contributed by atoms with E-state index in [1.54, 1.807) is 5.57 Å². The van der Waals surface area contributed by atoms with Gasteiger partial charge in [-0.3, -0.25) is 4.79 Å². The van der Waals surface area contributed by atoms with E-state index in [1.807, 2.05) is 0 Å². The second-order valence-electron chi connectivity index (χ2n) is 15.3. The van der Waals surface area contributed by atoms with Crippen LogP contribution in [-0.4, -0.2) is 17.5 Å². The van der Waals surface area contributed by atoms with Crippen molar-refractivity contribution >= 4 is 17.6 Å². The van der Waals surface area contributed by atoms with Crippen molar-refractivity contribution in [2.24, 2.45) is 46.3 Å². The summed E-state index contributed by atoms with van der Waals surface area (Å²) in [5, 5.41) is -0.483. The molecule has 0 N–H and O–H groups in total. The fourth-order valence-corrected chi connectivity index (χ4v) is 10.2. The average Bonchev–Trinajstić information content (AvgIpc) is 3.25. The number of unbranched alkanes of at least 4 members (excludes halogenated alkanes) is 4. The van der Waals surface area contributed by atoms with Crippen LogP contribution in [0.15, 0.2) is 11.6 Å². The van der Waals surface area contributed by atoms with Gasteiger partial charge in [0.25, 0.3) is 0 Å². The molecule has 3 fully saturated rings. The van der Waals surface area contributed by atoms with E-state index < -0.39 is 5.38 Å². The number of allylic oxidation sites excluding steroid dienone is 1. The largest absolute Gasteiger partial charge is 0.461 e. The van der Waals surface area contributed by atoms with Gasteiger partial charge in [0.1, 0.15) is 11.5 Å². The lowest BCUT2D eigenvalue weighted by molar-refractivity contribution is -0.151. The van der Waals surface area contributed by atoms with Crippen molar-refractivity contribution in [1.29, 1.82) is 0 Å². The lowest BCUT2D eigenvalue weighted by atomic mass is 9.47. The standard InChI is InChI=1S/C36H61ClO2/c1-7-8-9-10-11-15-33(37)34(38)39-28-20-22-35(5)27(24-28)16-17-29-31-19-18-30(26(4)14-12-13-25(2)3)36(31,6)23-21-32(29)35/h16,25-26,28-33H,7-15,17-24H2,1-6H3. The van der Waals surface area contributed by atoms with Gasteiger partial charge in [0.15, 0.2) is 0 Å². The normalized spacial score (nSPS) is 37.4. The minimum Gasteiger partial charge on any atom is -0.461 e. The third kappa shape index (κ3) is 6.94. The summed E-state index contributed by atoms with van der Waals surface area (Å²) in [6, 6.07) is 0. The first-order valence-electron chi connectivity index (χ1n) is 17.1. The molecular formula is C36H61ClO2. The topological polar surface area (TPSA) is 26.3 Å². The highest BCUT2D eigenvalue weighted by Gasteiger charge is 2.59. The van der Waals surface area contributed by atoms with E-state index >= 15 is 0 Å². The van der Waals surface area contributed by atoms with E-state index in [4.69, 9.17) is 16.3 Å². The summed E-state index contributed by atoms with van der Waals surface area (Å²) < 4.78 is 6.02. The highest BCUT2D eigenvalue weighted by atomic mass is 35.5. The number of carbonyl (C=O) groups is 1. The van der Waals surface area contributed by atoms with Gasteiger partial charge in [-0.1, -0.05) is 105 Å². The summed E-state index contributed by atoms with van der Waals surface area (Å²) in [5.41, 5.74) is 2.44. The Kier molecular flexibility index (Phi) is 11.0. The molecule has 2 nitrogen and oxygen atoms in total. The van der Waals surface area contributed by atoms with Gasteiger partial charge in [0, 0.05) is 6.42 Å². The Hall–Kier alpha value is -0.500. The zero-order chi connectivity index (χ0) is 28.2. The van der Waals surface area contributed by atoms with Crippen molar-refractivity contribution < 1.29 is 9.53 Å². The maximum atomic E-state index is 12.8. The first-order chi connectivity index (χ1) is 18.6. The van der Waals surface area contributed by atoms with Crippen LogP contribution in [-0.2, 0) is 9.53 Å². The van der Waals surface area contributed by atoms with Crippen LogP contribution < -0.4 is 0 Å². The Morgan fingerprint density at radius 2 is 1.72 bits per heavy atom. The smallest absolute Gasteiger partial charge is 0.324 e. The number of esters is 1. The van der Waals surface area contributed by atoms with Crippen LogP contribution in [0.4, 0.5) is 0 Å². The van der Waals surface area contributed by atoms with Gasteiger partial charge in [-0.2, -0.15) is 0 Å². The second kappa shape index (κ2) is 13.6. The monoisotopic (exact) mass is 560 g/mol. The number of halogens is 1. The van der Waals surface area contributed by atoms with Crippen molar-refractivity contribution in [2.45, 2.75) is 162 Å². The predicted molar refractivity (Wildman–Crippen MR) is 166 cm³/mol. The summed E-state index contributed by atoms with van der Waals surface area (Å²) in [6.45, 7) is 14.8. The van der Waals surface area contributed by atoms with E-state index in [-0.39, 0.29) is 12.1 Å². The number of carbonyl (C=O) groups excluding carboxylic acids is 1. The number of hydrogen-bond donors (Lipinski definition) is 0. The Labute approximate surface area is 246 Å². The molecule has 4 rings (SSSR count). The molecule has 0 amide bonds. The highest BCUT2D eigenvalue weighted by molar-refractivity contribution is 6.29. The van der Waals surface area contributed by atoms with Crippen LogP contribution in [0.25, 0.3) is 0 Å². The molecule has 0 heterocycles. The lowest BCUT2D eigenvalue weighted by Crippen LogP contribution is -2.51. The second-order valence-corrected chi connectivity index (χ2v) is 15.8. The Bertz CT molecular complexity index is 834. The zero-order valence-electron chi connectivity index (χ0n) is 26.4. The highest BCUT2D eigenvalue weighted by Crippen LogP contribution is 2.67. The Morgan fingerprint density at radius 3 is 2.46 bits per heavy atom. The van der Waals surface area contributed by atoms with Crippen molar-refractivity contribution in [1.82, 2.24) is 0 Å². The maximum absolute atomic E-state index is 12.8. The van der Waals surface area contributed by atoms with Crippen LogP contribution in [0.5, 0.6) is 0 Å². The zero-order valence-corrected chi connectivity index (χ0v) is 27.2. The van der Waals surface area contributed by atoms with Crippen LogP contribution in [0.1, 0.15) is 151 Å². The summed E-state index contributed by atoms with van der Waals surface area (Å²) in [4.78, 5) is 12.8. The molecule has 39 heavy (non-hydrogen) atoms. The number of alkyl halides is 1. The van der Waals surface area contributed by atoms with Gasteiger partial charge < -0.3 is 4.74 Å². The van der Waals surface area contributed by atoms with Gasteiger partial charge in [0.05, 0.1) is 0 Å². The fourth-order valence-electron chi connectivity index (χ4n) is 10.0. The molecule has 224 valence electrons. The summed E-state index contributed by atoms with van der Waals surface area (Å²) in [5.74, 6) is 5.00. The van der Waals surface area contributed by atoms with Crippen LogP contribution in [0.2, 0.25) is 0 Å². The Morgan fingerprint density at radius 1 is 0.949 bits per heavy atom. The molecule has 0 bridgehead atoms. The van der Waals surface area contributed by atoms with E-state index in [1.165, 1.54) is 83.5 Å². The van der Waals surface area contributed by atoms with E-state index in [0.29, 0.717) is 10.8 Å². The summed E-state index contributed by atoms with van der Waals surface area (Å²) in [6.07, 6.45) is 23.6. The fraction of sp³-hybridized carbons (Fsp3) is 0.917. The molecule has 4 aliphatic carbocycles. The van der Waals surface area contributed by atoms with Crippen LogP contribution in [0, 0.1) is 46.3 Å².